The van der Waals surface area contributed by atoms with E-state index in [0.717, 1.165) is 42.7 Å². The van der Waals surface area contributed by atoms with Gasteiger partial charge in [0, 0.05) is 13.1 Å². The molecule has 5 nitrogen and oxygen atoms in total. The molecule has 1 aromatic carbocycles. The van der Waals surface area contributed by atoms with Gasteiger partial charge in [-0.15, -0.1) is 0 Å². The minimum absolute atomic E-state index is 0.147. The number of likely N-dealkylation sites (tertiary alicyclic amines) is 1. The van der Waals surface area contributed by atoms with Gasteiger partial charge >= 0.3 is 6.03 Å². The van der Waals surface area contributed by atoms with Crippen LogP contribution in [0.5, 0.6) is 0 Å². The molecule has 0 aliphatic carbocycles. The van der Waals surface area contributed by atoms with Crippen molar-refractivity contribution in [1.29, 1.82) is 0 Å². The van der Waals surface area contributed by atoms with Crippen LogP contribution in [0.2, 0.25) is 0 Å². The molecule has 102 valence electrons. The summed E-state index contributed by atoms with van der Waals surface area (Å²) in [5.41, 5.74) is 8.70. The van der Waals surface area contributed by atoms with Gasteiger partial charge in [-0.25, -0.2) is 9.79 Å². The third-order valence-corrected chi connectivity index (χ3v) is 3.30. The summed E-state index contributed by atoms with van der Waals surface area (Å²) in [5.74, 6) is 0.147. The van der Waals surface area contributed by atoms with Gasteiger partial charge in [0.05, 0.1) is 5.69 Å². The van der Waals surface area contributed by atoms with Crippen LogP contribution in [0, 0.1) is 13.8 Å². The molecule has 0 bridgehead atoms. The lowest BCUT2D eigenvalue weighted by Gasteiger charge is -2.15. The summed E-state index contributed by atoms with van der Waals surface area (Å²) in [5, 5.41) is 2.64. The summed E-state index contributed by atoms with van der Waals surface area (Å²) >= 11 is 0. The lowest BCUT2D eigenvalue weighted by Crippen LogP contribution is -2.44. The molecule has 1 heterocycles. The SMILES string of the molecule is Cc1cccc(C)c1N=C(N)NC(=O)N1CCCC1. The van der Waals surface area contributed by atoms with Crippen molar-refractivity contribution in [1.82, 2.24) is 10.2 Å². The van der Waals surface area contributed by atoms with Gasteiger partial charge in [0.1, 0.15) is 0 Å². The zero-order valence-electron chi connectivity index (χ0n) is 11.4. The molecule has 19 heavy (non-hydrogen) atoms. The molecular weight excluding hydrogens is 240 g/mol. The fraction of sp³-hybridized carbons (Fsp3) is 0.429. The number of aryl methyl sites for hydroxylation is 2. The number of urea groups is 1. The Morgan fingerprint density at radius 1 is 1.26 bits per heavy atom. The van der Waals surface area contributed by atoms with Crippen LogP contribution in [-0.4, -0.2) is 30.0 Å². The Kier molecular flexibility index (Phi) is 4.04. The number of nitrogens with zero attached hydrogens (tertiary/aromatic N) is 2. The Morgan fingerprint density at radius 3 is 2.42 bits per heavy atom. The fourth-order valence-electron chi connectivity index (χ4n) is 2.24. The van der Waals surface area contributed by atoms with Crippen LogP contribution in [0.3, 0.4) is 0 Å². The first-order valence-corrected chi connectivity index (χ1v) is 6.54. The van der Waals surface area contributed by atoms with E-state index in [9.17, 15) is 4.79 Å². The Balaban J connectivity index is 2.08. The van der Waals surface area contributed by atoms with Crippen molar-refractivity contribution in [3.63, 3.8) is 0 Å². The number of aliphatic imine (C=N–C) groups is 1. The maximum absolute atomic E-state index is 11.9. The molecule has 2 rings (SSSR count). The number of hydrogen-bond acceptors (Lipinski definition) is 2. The second-order valence-electron chi connectivity index (χ2n) is 4.86. The highest BCUT2D eigenvalue weighted by atomic mass is 16.2. The topological polar surface area (TPSA) is 70.7 Å². The summed E-state index contributed by atoms with van der Waals surface area (Å²) in [7, 11) is 0. The summed E-state index contributed by atoms with van der Waals surface area (Å²) in [4.78, 5) is 17.9. The Morgan fingerprint density at radius 2 is 1.84 bits per heavy atom. The molecule has 2 amide bonds. The minimum Gasteiger partial charge on any atom is -0.369 e. The van der Waals surface area contributed by atoms with E-state index in [4.69, 9.17) is 5.73 Å². The van der Waals surface area contributed by atoms with Crippen LogP contribution < -0.4 is 11.1 Å². The van der Waals surface area contributed by atoms with Crippen LogP contribution in [0.1, 0.15) is 24.0 Å². The molecule has 1 aromatic rings. The molecule has 3 N–H and O–H groups in total. The molecule has 0 spiro atoms. The number of benzene rings is 1. The summed E-state index contributed by atoms with van der Waals surface area (Å²) < 4.78 is 0. The highest BCUT2D eigenvalue weighted by Gasteiger charge is 2.18. The lowest BCUT2D eigenvalue weighted by molar-refractivity contribution is 0.214. The van der Waals surface area contributed by atoms with Crippen molar-refractivity contribution >= 4 is 17.7 Å². The number of carbonyl (C=O) groups excluding carboxylic acids is 1. The first-order chi connectivity index (χ1) is 9.08. The number of hydrogen-bond donors (Lipinski definition) is 2. The molecule has 0 aromatic heterocycles. The van der Waals surface area contributed by atoms with Crippen molar-refractivity contribution in [2.75, 3.05) is 13.1 Å². The van der Waals surface area contributed by atoms with Gasteiger partial charge in [-0.3, -0.25) is 5.32 Å². The number of carbonyl (C=O) groups is 1. The van der Waals surface area contributed by atoms with E-state index in [1.807, 2.05) is 32.0 Å². The monoisotopic (exact) mass is 260 g/mol. The molecule has 0 atom stereocenters. The van der Waals surface area contributed by atoms with E-state index < -0.39 is 0 Å². The third-order valence-electron chi connectivity index (χ3n) is 3.30. The van der Waals surface area contributed by atoms with Gasteiger partial charge in [0.25, 0.3) is 0 Å². The van der Waals surface area contributed by atoms with E-state index in [2.05, 4.69) is 10.3 Å². The maximum atomic E-state index is 11.9. The first kappa shape index (κ1) is 13.4. The summed E-state index contributed by atoms with van der Waals surface area (Å²) in [6.45, 7) is 5.54. The summed E-state index contributed by atoms with van der Waals surface area (Å²) in [6.07, 6.45) is 2.11. The highest BCUT2D eigenvalue weighted by Crippen LogP contribution is 2.22. The number of rotatable bonds is 1. The average molecular weight is 260 g/mol. The largest absolute Gasteiger partial charge is 0.369 e. The lowest BCUT2D eigenvalue weighted by atomic mass is 10.1. The van der Waals surface area contributed by atoms with Crippen molar-refractivity contribution in [2.24, 2.45) is 10.7 Å². The van der Waals surface area contributed by atoms with Crippen molar-refractivity contribution in [3.05, 3.63) is 29.3 Å². The number of para-hydroxylation sites is 1. The zero-order chi connectivity index (χ0) is 13.8. The fourth-order valence-corrected chi connectivity index (χ4v) is 2.24. The van der Waals surface area contributed by atoms with Gasteiger partial charge in [0.2, 0.25) is 5.96 Å². The van der Waals surface area contributed by atoms with Crippen molar-refractivity contribution in [3.8, 4) is 0 Å². The molecule has 5 heteroatoms. The predicted molar refractivity (Wildman–Crippen MR) is 76.5 cm³/mol. The number of nitrogens with one attached hydrogen (secondary N) is 1. The standard InChI is InChI=1S/C14H20N4O/c1-10-6-5-7-11(2)12(10)16-13(15)17-14(19)18-8-3-4-9-18/h5-7H,3-4,8-9H2,1-2H3,(H3,15,16,17,19). The third kappa shape index (κ3) is 3.24. The quantitative estimate of drug-likeness (QED) is 0.599. The highest BCUT2D eigenvalue weighted by molar-refractivity contribution is 5.96. The Labute approximate surface area is 113 Å². The normalized spacial score (nSPS) is 15.7. The Hall–Kier alpha value is -2.04. The molecule has 0 saturated carbocycles. The van der Waals surface area contributed by atoms with Gasteiger partial charge in [0.15, 0.2) is 0 Å². The molecule has 0 radical (unpaired) electrons. The maximum Gasteiger partial charge on any atom is 0.324 e. The number of amides is 2. The molecule has 0 unspecified atom stereocenters. The van der Waals surface area contributed by atoms with E-state index in [1.165, 1.54) is 0 Å². The molecule has 1 fully saturated rings. The molecule has 1 saturated heterocycles. The predicted octanol–water partition coefficient (Wildman–Crippen LogP) is 2.06. The second-order valence-corrected chi connectivity index (χ2v) is 4.86. The number of nitrogens with two attached hydrogens (primary N) is 1. The van der Waals surface area contributed by atoms with Crippen LogP contribution in [-0.2, 0) is 0 Å². The van der Waals surface area contributed by atoms with E-state index in [-0.39, 0.29) is 12.0 Å². The number of guanidine groups is 1. The molecular formula is C14H20N4O. The van der Waals surface area contributed by atoms with Gasteiger partial charge < -0.3 is 10.6 Å². The Bertz CT molecular complexity index is 484. The van der Waals surface area contributed by atoms with Gasteiger partial charge in [-0.2, -0.15) is 0 Å². The van der Waals surface area contributed by atoms with Gasteiger partial charge in [-0.05, 0) is 37.8 Å². The van der Waals surface area contributed by atoms with E-state index >= 15 is 0 Å². The van der Waals surface area contributed by atoms with Crippen LogP contribution in [0.15, 0.2) is 23.2 Å². The molecule has 1 aliphatic rings. The zero-order valence-corrected chi connectivity index (χ0v) is 11.4. The van der Waals surface area contributed by atoms with Crippen LogP contribution in [0.25, 0.3) is 0 Å². The smallest absolute Gasteiger partial charge is 0.324 e. The van der Waals surface area contributed by atoms with Crippen molar-refractivity contribution < 1.29 is 4.79 Å². The van der Waals surface area contributed by atoms with Crippen LogP contribution >= 0.6 is 0 Å². The molecule has 1 aliphatic heterocycles. The summed E-state index contributed by atoms with van der Waals surface area (Å²) in [6, 6.07) is 5.76. The second kappa shape index (κ2) is 5.73. The first-order valence-electron chi connectivity index (χ1n) is 6.54. The van der Waals surface area contributed by atoms with E-state index in [1.54, 1.807) is 4.90 Å². The van der Waals surface area contributed by atoms with Crippen molar-refractivity contribution in [2.45, 2.75) is 26.7 Å². The minimum atomic E-state index is -0.162. The van der Waals surface area contributed by atoms with Gasteiger partial charge in [-0.1, -0.05) is 18.2 Å². The van der Waals surface area contributed by atoms with Crippen LogP contribution in [0.4, 0.5) is 10.5 Å². The average Bonchev–Trinajstić information content (AvgIpc) is 2.88. The van der Waals surface area contributed by atoms with E-state index in [0.29, 0.717) is 0 Å².